The maximum absolute atomic E-state index is 14.4. The van der Waals surface area contributed by atoms with Gasteiger partial charge in [-0.3, -0.25) is 4.57 Å². The van der Waals surface area contributed by atoms with E-state index >= 15 is 0 Å². The summed E-state index contributed by atoms with van der Waals surface area (Å²) in [6.45, 7) is 3.99. The largest absolute Gasteiger partial charge is 0.368 e. The molecule has 0 radical (unpaired) electrons. The van der Waals surface area contributed by atoms with Crippen molar-refractivity contribution in [2.75, 3.05) is 12.8 Å². The minimum Gasteiger partial charge on any atom is -0.305 e. The number of benzene rings is 2. The summed E-state index contributed by atoms with van der Waals surface area (Å²) in [5.41, 5.74) is 1.89. The maximum Gasteiger partial charge on any atom is 0.368 e. The predicted molar refractivity (Wildman–Crippen MR) is 89.1 cm³/mol. The molecule has 0 amide bonds. The van der Waals surface area contributed by atoms with E-state index in [0.717, 1.165) is 11.1 Å². The van der Waals surface area contributed by atoms with Crippen LogP contribution in [0.4, 0.5) is 4.20 Å². The molecule has 2 nitrogen and oxygen atoms in total. The Balaban J connectivity index is 2.24. The first-order valence-electron chi connectivity index (χ1n) is 7.51. The van der Waals surface area contributed by atoms with Crippen LogP contribution in [0.3, 0.4) is 0 Å². The number of hydrogen-bond acceptors (Lipinski definition) is 2. The van der Waals surface area contributed by atoms with Crippen molar-refractivity contribution in [1.82, 2.24) is 0 Å². The molecule has 22 heavy (non-hydrogen) atoms. The van der Waals surface area contributed by atoms with E-state index in [1.54, 1.807) is 0 Å². The summed E-state index contributed by atoms with van der Waals surface area (Å²) in [5.74, 6) is -0.124. The molecule has 118 valence electrons. The lowest BCUT2D eigenvalue weighted by atomic mass is 9.93. The van der Waals surface area contributed by atoms with Crippen molar-refractivity contribution < 1.29 is 13.3 Å². The Morgan fingerprint density at radius 2 is 1.41 bits per heavy atom. The maximum atomic E-state index is 14.4. The van der Waals surface area contributed by atoms with E-state index in [1.807, 2.05) is 74.5 Å². The van der Waals surface area contributed by atoms with Crippen molar-refractivity contribution in [3.8, 4) is 0 Å². The minimum absolute atomic E-state index is 0.131. The van der Waals surface area contributed by atoms with Gasteiger partial charge in [0, 0.05) is 5.92 Å². The van der Waals surface area contributed by atoms with E-state index in [-0.39, 0.29) is 24.6 Å². The van der Waals surface area contributed by atoms with Gasteiger partial charge in [0.25, 0.3) is 0 Å². The molecule has 0 saturated heterocycles. The molecule has 0 spiro atoms. The number of hydrogen-bond donors (Lipinski definition) is 0. The molecule has 1 unspecified atom stereocenters. The molecule has 2 aromatic rings. The second-order valence-corrected chi connectivity index (χ2v) is 7.64. The first-order chi connectivity index (χ1) is 10.5. The zero-order chi connectivity index (χ0) is 16.0. The van der Waals surface area contributed by atoms with Crippen LogP contribution >= 0.6 is 7.68 Å². The Morgan fingerprint density at radius 1 is 0.955 bits per heavy atom. The van der Waals surface area contributed by atoms with Crippen molar-refractivity contribution in [1.29, 1.82) is 0 Å². The van der Waals surface area contributed by atoms with Crippen molar-refractivity contribution in [2.45, 2.75) is 19.8 Å². The van der Waals surface area contributed by atoms with Gasteiger partial charge in [-0.1, -0.05) is 74.5 Å². The smallest absolute Gasteiger partial charge is 0.305 e. The van der Waals surface area contributed by atoms with Gasteiger partial charge in [0.15, 0.2) is 0 Å². The molecule has 0 aliphatic rings. The van der Waals surface area contributed by atoms with Gasteiger partial charge in [-0.15, -0.1) is 0 Å². The van der Waals surface area contributed by atoms with Crippen LogP contribution in [-0.2, 0) is 9.09 Å². The van der Waals surface area contributed by atoms with Gasteiger partial charge in [0.2, 0.25) is 0 Å². The summed E-state index contributed by atoms with van der Waals surface area (Å²) in [6.07, 6.45) is -0.131. The van der Waals surface area contributed by atoms with E-state index in [1.165, 1.54) is 0 Å². The van der Waals surface area contributed by atoms with E-state index in [2.05, 4.69) is 0 Å². The zero-order valence-corrected chi connectivity index (χ0v) is 13.9. The van der Waals surface area contributed by atoms with E-state index in [9.17, 15) is 8.76 Å². The Bertz CT molecular complexity index is 574. The fourth-order valence-electron chi connectivity index (χ4n) is 2.31. The molecule has 0 heterocycles. The van der Waals surface area contributed by atoms with Crippen LogP contribution in [0.5, 0.6) is 0 Å². The molecule has 0 aromatic heterocycles. The predicted octanol–water partition coefficient (Wildman–Crippen LogP) is 5.65. The van der Waals surface area contributed by atoms with Gasteiger partial charge in [0.1, 0.15) is 0 Å². The number of halogens is 1. The van der Waals surface area contributed by atoms with E-state index in [4.69, 9.17) is 4.52 Å². The SMILES string of the molecule is CC(C)COP(=O)(F)CC(c1ccccc1)c1ccccc1. The lowest BCUT2D eigenvalue weighted by Gasteiger charge is -2.20. The molecule has 0 N–H and O–H groups in total. The van der Waals surface area contributed by atoms with Crippen LogP contribution in [0, 0.1) is 5.92 Å². The standard InChI is InChI=1S/C18H22FO2P/c1-15(2)13-21-22(19,20)14-18(16-9-5-3-6-10-16)17-11-7-4-8-12-17/h3-12,15,18H,13-14H2,1-2H3. The summed E-state index contributed by atoms with van der Waals surface area (Å²) in [4.78, 5) is 0. The van der Waals surface area contributed by atoms with Crippen molar-refractivity contribution in [2.24, 2.45) is 5.92 Å². The third kappa shape index (κ3) is 5.08. The topological polar surface area (TPSA) is 26.3 Å². The average molecular weight is 320 g/mol. The summed E-state index contributed by atoms with van der Waals surface area (Å²) < 4.78 is 31.6. The lowest BCUT2D eigenvalue weighted by Crippen LogP contribution is -2.09. The zero-order valence-electron chi connectivity index (χ0n) is 13.0. The van der Waals surface area contributed by atoms with Crippen LogP contribution in [-0.4, -0.2) is 12.8 Å². The van der Waals surface area contributed by atoms with Gasteiger partial charge >= 0.3 is 7.68 Å². The monoisotopic (exact) mass is 320 g/mol. The van der Waals surface area contributed by atoms with Gasteiger partial charge in [-0.2, -0.15) is 4.20 Å². The molecule has 0 fully saturated rings. The highest BCUT2D eigenvalue weighted by Gasteiger charge is 2.29. The number of rotatable bonds is 7. The summed E-state index contributed by atoms with van der Waals surface area (Å²) >= 11 is 0. The highest BCUT2D eigenvalue weighted by Crippen LogP contribution is 2.53. The van der Waals surface area contributed by atoms with Crippen molar-refractivity contribution in [3.63, 3.8) is 0 Å². The van der Waals surface area contributed by atoms with Gasteiger partial charge in [-0.25, -0.2) is 0 Å². The Kier molecular flexibility index (Phi) is 5.93. The van der Waals surface area contributed by atoms with Gasteiger partial charge in [0.05, 0.1) is 12.8 Å². The molecular formula is C18H22FO2P. The Morgan fingerprint density at radius 3 is 1.82 bits per heavy atom. The Hall–Kier alpha value is -1.44. The average Bonchev–Trinajstić information content (AvgIpc) is 2.53. The highest BCUT2D eigenvalue weighted by molar-refractivity contribution is 7.53. The lowest BCUT2D eigenvalue weighted by molar-refractivity contribution is 0.249. The van der Waals surface area contributed by atoms with Crippen LogP contribution in [0.25, 0.3) is 0 Å². The van der Waals surface area contributed by atoms with E-state index in [0.29, 0.717) is 0 Å². The first kappa shape index (κ1) is 16.9. The van der Waals surface area contributed by atoms with E-state index < -0.39 is 7.68 Å². The van der Waals surface area contributed by atoms with Crippen LogP contribution in [0.2, 0.25) is 0 Å². The first-order valence-corrected chi connectivity index (χ1v) is 9.21. The van der Waals surface area contributed by atoms with Crippen LogP contribution in [0.15, 0.2) is 60.7 Å². The molecule has 1 atom stereocenters. The molecule has 2 rings (SSSR count). The molecule has 0 aliphatic carbocycles. The summed E-state index contributed by atoms with van der Waals surface area (Å²) in [6, 6.07) is 19.2. The third-order valence-corrected chi connectivity index (χ3v) is 4.74. The van der Waals surface area contributed by atoms with Gasteiger partial charge < -0.3 is 4.52 Å². The van der Waals surface area contributed by atoms with Gasteiger partial charge in [-0.05, 0) is 17.0 Å². The van der Waals surface area contributed by atoms with Crippen molar-refractivity contribution in [3.05, 3.63) is 71.8 Å². The second-order valence-electron chi connectivity index (χ2n) is 5.84. The minimum atomic E-state index is -4.13. The fourth-order valence-corrected chi connectivity index (χ4v) is 3.79. The summed E-state index contributed by atoms with van der Waals surface area (Å²) in [7, 11) is -4.13. The molecular weight excluding hydrogens is 298 g/mol. The molecule has 0 aliphatic heterocycles. The highest BCUT2D eigenvalue weighted by atomic mass is 31.2. The molecule has 4 heteroatoms. The molecule has 0 saturated carbocycles. The normalized spacial score (nSPS) is 14.2. The fraction of sp³-hybridized carbons (Fsp3) is 0.333. The van der Waals surface area contributed by atoms with Crippen LogP contribution < -0.4 is 0 Å². The molecule has 0 bridgehead atoms. The second kappa shape index (κ2) is 7.71. The quantitative estimate of drug-likeness (QED) is 0.616. The van der Waals surface area contributed by atoms with Crippen LogP contribution in [0.1, 0.15) is 30.9 Å². The third-order valence-electron chi connectivity index (χ3n) is 3.41. The molecule has 2 aromatic carbocycles. The Labute approximate surface area is 131 Å². The summed E-state index contributed by atoms with van der Waals surface area (Å²) in [5, 5.41) is 0. The van der Waals surface area contributed by atoms with Crippen molar-refractivity contribution >= 4 is 7.68 Å².